The summed E-state index contributed by atoms with van der Waals surface area (Å²) in [4.78, 5) is 0. The summed E-state index contributed by atoms with van der Waals surface area (Å²) in [7, 11) is 0. The summed E-state index contributed by atoms with van der Waals surface area (Å²) in [6, 6.07) is 0. The van der Waals surface area contributed by atoms with E-state index in [0.29, 0.717) is 11.8 Å². The molecule has 2 saturated carbocycles. The molecule has 2 aliphatic rings. The maximum absolute atomic E-state index is 9.67. The minimum absolute atomic E-state index is 0.0411. The molecule has 2 N–H and O–H groups in total. The van der Waals surface area contributed by atoms with Crippen molar-refractivity contribution in [2.75, 3.05) is 6.61 Å². The van der Waals surface area contributed by atoms with Gasteiger partial charge in [-0.3, -0.25) is 0 Å². The number of rotatable bonds is 1. The molecule has 2 rings (SSSR count). The predicted molar refractivity (Wildman–Crippen MR) is 42.0 cm³/mol. The van der Waals surface area contributed by atoms with E-state index in [9.17, 15) is 5.11 Å². The Kier molecular flexibility index (Phi) is 1.52. The van der Waals surface area contributed by atoms with Crippen LogP contribution in [0.25, 0.3) is 0 Å². The van der Waals surface area contributed by atoms with Gasteiger partial charge < -0.3 is 10.2 Å². The van der Waals surface area contributed by atoms with Crippen LogP contribution in [0.1, 0.15) is 26.2 Å². The third-order valence-electron chi connectivity index (χ3n) is 3.95. The lowest BCUT2D eigenvalue weighted by atomic mass is 9.79. The molecule has 2 fully saturated rings. The van der Waals surface area contributed by atoms with Gasteiger partial charge in [0.25, 0.3) is 0 Å². The molecular formula is C9H16O2. The van der Waals surface area contributed by atoms with Crippen molar-refractivity contribution in [2.24, 2.45) is 17.3 Å². The minimum atomic E-state index is -0.154. The Hall–Kier alpha value is -0.0800. The molecule has 2 heteroatoms. The van der Waals surface area contributed by atoms with Gasteiger partial charge in [0.2, 0.25) is 0 Å². The molecular weight excluding hydrogens is 140 g/mol. The second-order valence-corrected chi connectivity index (χ2v) is 4.35. The predicted octanol–water partition coefficient (Wildman–Crippen LogP) is 0.776. The first-order chi connectivity index (χ1) is 5.18. The zero-order valence-corrected chi connectivity index (χ0v) is 6.95. The lowest BCUT2D eigenvalue weighted by Gasteiger charge is -2.29. The first-order valence-electron chi connectivity index (χ1n) is 4.47. The first kappa shape index (κ1) is 7.56. The molecule has 0 aromatic carbocycles. The lowest BCUT2D eigenvalue weighted by molar-refractivity contribution is 0.0243. The summed E-state index contributed by atoms with van der Waals surface area (Å²) in [6.07, 6.45) is 3.07. The van der Waals surface area contributed by atoms with E-state index in [2.05, 4.69) is 6.92 Å². The van der Waals surface area contributed by atoms with Crippen LogP contribution >= 0.6 is 0 Å². The third kappa shape index (κ3) is 0.798. The van der Waals surface area contributed by atoms with Crippen LogP contribution in [0.3, 0.4) is 0 Å². The fourth-order valence-electron chi connectivity index (χ4n) is 3.03. The fraction of sp³-hybridized carbons (Fsp3) is 1.00. The molecule has 0 saturated heterocycles. The van der Waals surface area contributed by atoms with E-state index >= 15 is 0 Å². The smallest absolute Gasteiger partial charge is 0.0600 e. The largest absolute Gasteiger partial charge is 0.396 e. The number of hydrogen-bond acceptors (Lipinski definition) is 2. The van der Waals surface area contributed by atoms with E-state index in [1.807, 2.05) is 0 Å². The van der Waals surface area contributed by atoms with E-state index in [0.717, 1.165) is 12.8 Å². The fourth-order valence-corrected chi connectivity index (χ4v) is 3.03. The van der Waals surface area contributed by atoms with E-state index < -0.39 is 0 Å². The van der Waals surface area contributed by atoms with Gasteiger partial charge in [-0.25, -0.2) is 0 Å². The minimum Gasteiger partial charge on any atom is -0.396 e. The van der Waals surface area contributed by atoms with Gasteiger partial charge >= 0.3 is 0 Å². The maximum atomic E-state index is 9.67. The van der Waals surface area contributed by atoms with Gasteiger partial charge in [-0.05, 0) is 36.5 Å². The van der Waals surface area contributed by atoms with Crippen LogP contribution in [-0.2, 0) is 0 Å². The molecule has 11 heavy (non-hydrogen) atoms. The normalized spacial score (nSPS) is 55.4. The highest BCUT2D eigenvalue weighted by Crippen LogP contribution is 2.57. The van der Waals surface area contributed by atoms with Crippen molar-refractivity contribution in [3.05, 3.63) is 0 Å². The Bertz CT molecular complexity index is 169. The summed E-state index contributed by atoms with van der Waals surface area (Å²) in [5, 5.41) is 18.8. The first-order valence-corrected chi connectivity index (χ1v) is 4.47. The molecule has 2 nitrogen and oxygen atoms in total. The summed E-state index contributed by atoms with van der Waals surface area (Å²) >= 11 is 0. The monoisotopic (exact) mass is 156 g/mol. The maximum Gasteiger partial charge on any atom is 0.0600 e. The molecule has 0 heterocycles. The topological polar surface area (TPSA) is 40.5 Å². The van der Waals surface area contributed by atoms with E-state index in [-0.39, 0.29) is 18.1 Å². The second kappa shape index (κ2) is 2.20. The van der Waals surface area contributed by atoms with E-state index in [1.54, 1.807) is 0 Å². The Morgan fingerprint density at radius 1 is 1.55 bits per heavy atom. The molecule has 2 bridgehead atoms. The number of aliphatic hydroxyl groups is 2. The van der Waals surface area contributed by atoms with Crippen molar-refractivity contribution in [1.29, 1.82) is 0 Å². The highest BCUT2D eigenvalue weighted by Gasteiger charge is 2.55. The van der Waals surface area contributed by atoms with Crippen LogP contribution in [0.4, 0.5) is 0 Å². The van der Waals surface area contributed by atoms with Crippen molar-refractivity contribution in [3.8, 4) is 0 Å². The van der Waals surface area contributed by atoms with Crippen LogP contribution < -0.4 is 0 Å². The molecule has 64 valence electrons. The molecule has 0 unspecified atom stereocenters. The van der Waals surface area contributed by atoms with Crippen molar-refractivity contribution < 1.29 is 10.2 Å². The van der Waals surface area contributed by atoms with Crippen LogP contribution in [0.5, 0.6) is 0 Å². The Balaban J connectivity index is 2.24. The van der Waals surface area contributed by atoms with Crippen LogP contribution in [0.15, 0.2) is 0 Å². The number of hydrogen-bond donors (Lipinski definition) is 2. The molecule has 0 radical (unpaired) electrons. The molecule has 0 amide bonds. The summed E-state index contributed by atoms with van der Waals surface area (Å²) in [5.74, 6) is 0.970. The SMILES string of the molecule is C[C@@]12CC[C@@H](C[C@@H]1O)[C@H]2CO. The highest BCUT2D eigenvalue weighted by molar-refractivity contribution is 5.04. The van der Waals surface area contributed by atoms with Gasteiger partial charge in [0, 0.05) is 6.61 Å². The van der Waals surface area contributed by atoms with Gasteiger partial charge in [-0.2, -0.15) is 0 Å². The summed E-state index contributed by atoms with van der Waals surface area (Å²) in [5.41, 5.74) is 0.0411. The molecule has 0 spiro atoms. The quantitative estimate of drug-likeness (QED) is 0.589. The Morgan fingerprint density at radius 3 is 2.55 bits per heavy atom. The third-order valence-corrected chi connectivity index (χ3v) is 3.95. The Morgan fingerprint density at radius 2 is 2.27 bits per heavy atom. The Labute approximate surface area is 67.2 Å². The second-order valence-electron chi connectivity index (χ2n) is 4.35. The highest BCUT2D eigenvalue weighted by atomic mass is 16.3. The molecule has 2 aliphatic carbocycles. The van der Waals surface area contributed by atoms with Crippen LogP contribution in [0.2, 0.25) is 0 Å². The zero-order valence-electron chi connectivity index (χ0n) is 6.95. The van der Waals surface area contributed by atoms with Gasteiger partial charge in [0.15, 0.2) is 0 Å². The van der Waals surface area contributed by atoms with Crippen molar-refractivity contribution in [1.82, 2.24) is 0 Å². The van der Waals surface area contributed by atoms with Gasteiger partial charge in [0.05, 0.1) is 6.10 Å². The molecule has 0 aromatic rings. The summed E-state index contributed by atoms with van der Waals surface area (Å²) < 4.78 is 0. The summed E-state index contributed by atoms with van der Waals surface area (Å²) in [6.45, 7) is 2.38. The average Bonchev–Trinajstić information content (AvgIpc) is 2.38. The van der Waals surface area contributed by atoms with E-state index in [4.69, 9.17) is 5.11 Å². The van der Waals surface area contributed by atoms with Gasteiger partial charge in [0.1, 0.15) is 0 Å². The molecule has 0 aliphatic heterocycles. The zero-order chi connectivity index (χ0) is 8.06. The average molecular weight is 156 g/mol. The van der Waals surface area contributed by atoms with Crippen molar-refractivity contribution in [3.63, 3.8) is 0 Å². The van der Waals surface area contributed by atoms with Crippen molar-refractivity contribution in [2.45, 2.75) is 32.3 Å². The molecule has 0 aromatic heterocycles. The van der Waals surface area contributed by atoms with Crippen LogP contribution in [0, 0.1) is 17.3 Å². The molecule has 4 atom stereocenters. The van der Waals surface area contributed by atoms with Gasteiger partial charge in [-0.15, -0.1) is 0 Å². The van der Waals surface area contributed by atoms with E-state index in [1.165, 1.54) is 6.42 Å². The van der Waals surface area contributed by atoms with Crippen molar-refractivity contribution >= 4 is 0 Å². The van der Waals surface area contributed by atoms with Crippen LogP contribution in [-0.4, -0.2) is 22.9 Å². The number of aliphatic hydroxyl groups excluding tert-OH is 2. The standard InChI is InChI=1S/C9H16O2/c1-9-3-2-6(4-8(9)11)7(9)5-10/h6-8,10-11H,2-5H2,1H3/t6-,7+,8-,9-/m0/s1. The lowest BCUT2D eigenvalue weighted by Crippen LogP contribution is -2.31. The van der Waals surface area contributed by atoms with Gasteiger partial charge in [-0.1, -0.05) is 6.92 Å². The number of fused-ring (bicyclic) bond motifs is 2.